The molecule has 158 valence electrons. The van der Waals surface area contributed by atoms with Crippen molar-refractivity contribution in [3.05, 3.63) is 35.9 Å². The number of unbranched alkanes of at least 4 members (excludes halogenated alkanes) is 4. The molecule has 0 spiro atoms. The van der Waals surface area contributed by atoms with Crippen molar-refractivity contribution >= 4 is 24.1 Å². The largest absolute Gasteiger partial charge is 0.481 e. The van der Waals surface area contributed by atoms with Crippen LogP contribution in [0.5, 0.6) is 0 Å². The van der Waals surface area contributed by atoms with Gasteiger partial charge in [0.05, 0.1) is 11.6 Å². The van der Waals surface area contributed by atoms with Crippen LogP contribution in [-0.4, -0.2) is 47.9 Å². The van der Waals surface area contributed by atoms with Gasteiger partial charge in [-0.15, -0.1) is 12.4 Å². The molecular weight excluding hydrogens is 376 g/mol. The van der Waals surface area contributed by atoms with Gasteiger partial charge in [-0.3, -0.25) is 9.69 Å². The second-order valence-corrected chi connectivity index (χ2v) is 7.38. The molecule has 0 aliphatic carbocycles. The molecule has 0 aromatic heterocycles. The van der Waals surface area contributed by atoms with Crippen LogP contribution in [-0.2, 0) is 9.63 Å². The monoisotopic (exact) mass is 410 g/mol. The van der Waals surface area contributed by atoms with Gasteiger partial charge in [0, 0.05) is 13.1 Å². The molecule has 0 amide bonds. The second kappa shape index (κ2) is 14.4. The zero-order valence-corrected chi connectivity index (χ0v) is 17.8. The Morgan fingerprint density at radius 1 is 1.21 bits per heavy atom. The van der Waals surface area contributed by atoms with E-state index in [4.69, 9.17) is 4.84 Å². The zero-order chi connectivity index (χ0) is 19.3. The maximum Gasteiger partial charge on any atom is 0.307 e. The number of piperidine rings is 1. The van der Waals surface area contributed by atoms with Crippen LogP contribution in [0.25, 0.3) is 0 Å². The molecule has 2 rings (SSSR count). The van der Waals surface area contributed by atoms with E-state index < -0.39 is 5.97 Å². The number of benzene rings is 1. The molecule has 0 radical (unpaired) electrons. The highest BCUT2D eigenvalue weighted by atomic mass is 35.5. The van der Waals surface area contributed by atoms with Crippen molar-refractivity contribution in [3.63, 3.8) is 0 Å². The quantitative estimate of drug-likeness (QED) is 0.299. The van der Waals surface area contributed by atoms with Crippen molar-refractivity contribution in [2.45, 2.75) is 58.3 Å². The smallest absolute Gasteiger partial charge is 0.307 e. The molecular formula is C22H35ClN2O3. The Kier molecular flexibility index (Phi) is 12.6. The van der Waals surface area contributed by atoms with Gasteiger partial charge >= 0.3 is 5.97 Å². The number of oxime groups is 1. The highest BCUT2D eigenvalue weighted by molar-refractivity contribution is 6.00. The predicted octanol–water partition coefficient (Wildman–Crippen LogP) is 4.99. The van der Waals surface area contributed by atoms with Gasteiger partial charge in [-0.2, -0.15) is 0 Å². The topological polar surface area (TPSA) is 62.1 Å². The van der Waals surface area contributed by atoms with E-state index in [2.05, 4.69) is 29.1 Å². The highest BCUT2D eigenvalue weighted by Gasteiger charge is 2.24. The Labute approximate surface area is 175 Å². The lowest BCUT2D eigenvalue weighted by Crippen LogP contribution is -2.40. The minimum absolute atomic E-state index is 0. The summed E-state index contributed by atoms with van der Waals surface area (Å²) in [5.74, 6) is -0.932. The number of likely N-dealkylation sites (tertiary alicyclic amines) is 1. The molecule has 1 saturated heterocycles. The summed E-state index contributed by atoms with van der Waals surface area (Å²) in [6.45, 7) is 5.02. The molecule has 0 saturated carbocycles. The molecule has 1 aliphatic heterocycles. The lowest BCUT2D eigenvalue weighted by Gasteiger charge is -2.29. The number of carbonyl (C=O) groups is 1. The van der Waals surface area contributed by atoms with Crippen LogP contribution in [0.4, 0.5) is 0 Å². The van der Waals surface area contributed by atoms with Crippen LogP contribution in [0, 0.1) is 5.92 Å². The number of nitrogens with zero attached hydrogens (tertiary/aromatic N) is 2. The Morgan fingerprint density at radius 3 is 2.68 bits per heavy atom. The summed E-state index contributed by atoms with van der Waals surface area (Å²) in [7, 11) is 0. The first kappa shape index (κ1) is 24.4. The van der Waals surface area contributed by atoms with Crippen LogP contribution in [0.2, 0.25) is 0 Å². The Morgan fingerprint density at radius 2 is 1.96 bits per heavy atom. The van der Waals surface area contributed by atoms with Gasteiger partial charge in [0.2, 0.25) is 0 Å². The van der Waals surface area contributed by atoms with Gasteiger partial charge in [0.25, 0.3) is 0 Å². The Balaban J connectivity index is 0.00000392. The normalized spacial score (nSPS) is 17.8. The van der Waals surface area contributed by atoms with Crippen LogP contribution >= 0.6 is 12.4 Å². The molecule has 1 aliphatic rings. The molecule has 1 heterocycles. The lowest BCUT2D eigenvalue weighted by atomic mass is 9.98. The first-order valence-electron chi connectivity index (χ1n) is 10.4. The van der Waals surface area contributed by atoms with E-state index in [9.17, 15) is 9.90 Å². The molecule has 1 fully saturated rings. The van der Waals surface area contributed by atoms with E-state index in [0.717, 1.165) is 50.0 Å². The Bertz CT molecular complexity index is 580. The van der Waals surface area contributed by atoms with Gasteiger partial charge in [-0.25, -0.2) is 0 Å². The minimum Gasteiger partial charge on any atom is -0.481 e. The summed E-state index contributed by atoms with van der Waals surface area (Å²) in [5.41, 5.74) is 2.13. The van der Waals surface area contributed by atoms with Crippen molar-refractivity contribution in [1.29, 1.82) is 0 Å². The first-order valence-corrected chi connectivity index (χ1v) is 10.4. The number of carboxylic acid groups (broad SMARTS) is 1. The van der Waals surface area contributed by atoms with E-state index in [-0.39, 0.29) is 18.3 Å². The summed E-state index contributed by atoms with van der Waals surface area (Å²) in [5, 5.41) is 13.6. The number of hydrogen-bond acceptors (Lipinski definition) is 4. The molecule has 1 N–H and O–H groups in total. The zero-order valence-electron chi connectivity index (χ0n) is 17.0. The van der Waals surface area contributed by atoms with Crippen molar-refractivity contribution < 1.29 is 14.7 Å². The molecule has 28 heavy (non-hydrogen) atoms. The summed E-state index contributed by atoms with van der Waals surface area (Å²) < 4.78 is 0. The lowest BCUT2D eigenvalue weighted by molar-refractivity contribution is -0.143. The number of hydrogen-bond donors (Lipinski definition) is 1. The van der Waals surface area contributed by atoms with Gasteiger partial charge in [-0.1, -0.05) is 68.1 Å². The van der Waals surface area contributed by atoms with Gasteiger partial charge in [0.15, 0.2) is 0 Å². The molecule has 5 nitrogen and oxygen atoms in total. The number of halogens is 1. The fourth-order valence-electron chi connectivity index (χ4n) is 3.52. The third kappa shape index (κ3) is 9.07. The van der Waals surface area contributed by atoms with E-state index in [0.29, 0.717) is 13.2 Å². The van der Waals surface area contributed by atoms with Crippen molar-refractivity contribution in [3.8, 4) is 0 Å². The maximum atomic E-state index is 11.2. The van der Waals surface area contributed by atoms with E-state index >= 15 is 0 Å². The number of aliphatic carboxylic acids is 1. The summed E-state index contributed by atoms with van der Waals surface area (Å²) in [6.07, 6.45) is 8.82. The van der Waals surface area contributed by atoms with Crippen LogP contribution in [0.3, 0.4) is 0 Å². The van der Waals surface area contributed by atoms with E-state index in [1.807, 2.05) is 18.2 Å². The number of rotatable bonds is 12. The second-order valence-electron chi connectivity index (χ2n) is 7.38. The standard InChI is InChI=1S/C22H34N2O3.ClH/c1-2-3-4-5-9-14-21(19-11-7-6-8-12-19)23-27-17-16-24-15-10-13-20(18-24)22(25)26;/h6-8,11-12,20H,2-5,9-10,13-18H2,1H3,(H,25,26);1H/b23-21+;/t20-;/m1./s1. The van der Waals surface area contributed by atoms with Crippen LogP contribution in [0.1, 0.15) is 63.9 Å². The van der Waals surface area contributed by atoms with Crippen molar-refractivity contribution in [2.24, 2.45) is 11.1 Å². The summed E-state index contributed by atoms with van der Waals surface area (Å²) >= 11 is 0. The third-order valence-electron chi connectivity index (χ3n) is 5.15. The summed E-state index contributed by atoms with van der Waals surface area (Å²) in [4.78, 5) is 19.0. The molecule has 0 bridgehead atoms. The van der Waals surface area contributed by atoms with Gasteiger partial charge < -0.3 is 9.94 Å². The number of carboxylic acids is 1. The van der Waals surface area contributed by atoms with Crippen LogP contribution < -0.4 is 0 Å². The molecule has 1 aromatic rings. The average molecular weight is 411 g/mol. The molecule has 1 aromatic carbocycles. The maximum absolute atomic E-state index is 11.2. The Hall–Kier alpha value is -1.59. The minimum atomic E-state index is -0.687. The molecule has 1 atom stereocenters. The highest BCUT2D eigenvalue weighted by Crippen LogP contribution is 2.16. The molecule has 0 unspecified atom stereocenters. The van der Waals surface area contributed by atoms with E-state index in [1.165, 1.54) is 25.7 Å². The average Bonchev–Trinajstić information content (AvgIpc) is 2.70. The fourth-order valence-corrected chi connectivity index (χ4v) is 3.52. The van der Waals surface area contributed by atoms with Gasteiger partial charge in [0.1, 0.15) is 6.61 Å². The van der Waals surface area contributed by atoms with Crippen LogP contribution in [0.15, 0.2) is 35.5 Å². The van der Waals surface area contributed by atoms with E-state index in [1.54, 1.807) is 0 Å². The third-order valence-corrected chi connectivity index (χ3v) is 5.15. The fraction of sp³-hybridized carbons (Fsp3) is 0.636. The summed E-state index contributed by atoms with van der Waals surface area (Å²) in [6, 6.07) is 10.2. The first-order chi connectivity index (χ1) is 13.2. The van der Waals surface area contributed by atoms with Crippen molar-refractivity contribution in [2.75, 3.05) is 26.2 Å². The van der Waals surface area contributed by atoms with Crippen molar-refractivity contribution in [1.82, 2.24) is 4.90 Å². The SMILES string of the molecule is CCCCCCC/C(=N\OCCN1CCC[C@@H](C(=O)O)C1)c1ccccc1.Cl. The predicted molar refractivity (Wildman–Crippen MR) is 116 cm³/mol. The molecule has 6 heteroatoms. The van der Waals surface area contributed by atoms with Gasteiger partial charge in [-0.05, 0) is 37.8 Å².